The Balaban J connectivity index is 1.79. The van der Waals surface area contributed by atoms with Crippen LogP contribution in [0.2, 0.25) is 0 Å². The summed E-state index contributed by atoms with van der Waals surface area (Å²) >= 11 is 0. The van der Waals surface area contributed by atoms with Crippen molar-refractivity contribution in [3.8, 4) is 0 Å². The highest BCUT2D eigenvalue weighted by Gasteiger charge is 2.28. The first kappa shape index (κ1) is 23.9. The van der Waals surface area contributed by atoms with Crippen LogP contribution in [0.1, 0.15) is 32.8 Å². The first-order valence-corrected chi connectivity index (χ1v) is 12.0. The third kappa shape index (κ3) is 6.15. The van der Waals surface area contributed by atoms with Crippen molar-refractivity contribution in [2.45, 2.75) is 44.6 Å². The predicted octanol–water partition coefficient (Wildman–Crippen LogP) is 3.43. The lowest BCUT2D eigenvalue weighted by molar-refractivity contribution is -0.114. The van der Waals surface area contributed by atoms with E-state index in [1.54, 1.807) is 0 Å². The molecule has 32 heavy (non-hydrogen) atoms. The second-order valence-corrected chi connectivity index (χ2v) is 10.2. The molecule has 1 unspecified atom stereocenters. The summed E-state index contributed by atoms with van der Waals surface area (Å²) in [6.07, 6.45) is 0.312. The summed E-state index contributed by atoms with van der Waals surface area (Å²) < 4.78 is 33.6. The highest BCUT2D eigenvalue weighted by atomic mass is 32.2. The summed E-state index contributed by atoms with van der Waals surface area (Å²) in [7, 11) is -3.88. The quantitative estimate of drug-likeness (QED) is 0.480. The number of hydrogen-bond donors (Lipinski definition) is 2. The molecule has 3 rings (SSSR count). The van der Waals surface area contributed by atoms with Gasteiger partial charge in [-0.3, -0.25) is 10.1 Å². The van der Waals surface area contributed by atoms with Gasteiger partial charge in [-0.1, -0.05) is 44.2 Å². The van der Waals surface area contributed by atoms with Crippen LogP contribution < -0.4 is 5.32 Å². The highest BCUT2D eigenvalue weighted by molar-refractivity contribution is 7.89. The van der Waals surface area contributed by atoms with Crippen LogP contribution in [0.15, 0.2) is 57.8 Å². The van der Waals surface area contributed by atoms with E-state index >= 15 is 0 Å². The lowest BCUT2D eigenvalue weighted by Gasteiger charge is -2.26. The summed E-state index contributed by atoms with van der Waals surface area (Å²) in [5.41, 5.74) is 1.78. The van der Waals surface area contributed by atoms with E-state index in [9.17, 15) is 18.3 Å². The second kappa shape index (κ2) is 10.2. The number of rotatable bonds is 10. The molecule has 0 fully saturated rings. The minimum atomic E-state index is -3.88. The molecule has 0 spiro atoms. The van der Waals surface area contributed by atoms with Crippen LogP contribution in [-0.2, 0) is 21.2 Å². The topological polar surface area (TPSA) is 113 Å². The van der Waals surface area contributed by atoms with Crippen molar-refractivity contribution in [2.24, 2.45) is 5.92 Å². The fourth-order valence-electron chi connectivity index (χ4n) is 3.40. The van der Waals surface area contributed by atoms with Gasteiger partial charge in [0.25, 0.3) is 0 Å². The van der Waals surface area contributed by atoms with Gasteiger partial charge in [0.15, 0.2) is 5.58 Å². The Morgan fingerprint density at radius 1 is 1.16 bits per heavy atom. The van der Waals surface area contributed by atoms with Crippen LogP contribution in [0.25, 0.3) is 11.1 Å². The lowest BCUT2D eigenvalue weighted by Crippen LogP contribution is -2.40. The fourth-order valence-corrected chi connectivity index (χ4v) is 5.06. The highest BCUT2D eigenvalue weighted by Crippen LogP contribution is 2.25. The van der Waals surface area contributed by atoms with Crippen molar-refractivity contribution in [1.29, 1.82) is 0 Å². The number of hydrogen-bond acceptors (Lipinski definition) is 6. The van der Waals surface area contributed by atoms with Gasteiger partial charge in [-0.25, -0.2) is 8.42 Å². The molecular weight excluding hydrogens is 430 g/mol. The van der Waals surface area contributed by atoms with Crippen LogP contribution >= 0.6 is 0 Å². The molecule has 0 aliphatic heterocycles. The Labute approximate surface area is 188 Å². The van der Waals surface area contributed by atoms with E-state index in [4.69, 9.17) is 4.42 Å². The molecule has 9 heteroatoms. The van der Waals surface area contributed by atoms with E-state index in [0.717, 1.165) is 5.56 Å². The number of nitrogens with one attached hydrogen (secondary N) is 1. The molecule has 1 heterocycles. The molecule has 0 saturated heterocycles. The van der Waals surface area contributed by atoms with E-state index in [-0.39, 0.29) is 41.4 Å². The number of amides is 1. The van der Waals surface area contributed by atoms with Gasteiger partial charge in [0, 0.05) is 26.1 Å². The summed E-state index contributed by atoms with van der Waals surface area (Å²) in [5.74, 6) is -0.261. The molecule has 172 valence electrons. The Morgan fingerprint density at radius 3 is 2.53 bits per heavy atom. The predicted molar refractivity (Wildman–Crippen MR) is 123 cm³/mol. The number of benzene rings is 2. The van der Waals surface area contributed by atoms with Crippen LogP contribution in [0.4, 0.5) is 6.01 Å². The minimum Gasteiger partial charge on any atom is -0.423 e. The molecule has 0 aliphatic rings. The largest absolute Gasteiger partial charge is 0.423 e. The molecule has 0 radical (unpaired) electrons. The Morgan fingerprint density at radius 2 is 1.88 bits per heavy atom. The lowest BCUT2D eigenvalue weighted by atomic mass is 10.1. The normalized spacial score (nSPS) is 13.1. The van der Waals surface area contributed by atoms with Gasteiger partial charge in [0.05, 0.1) is 11.0 Å². The average Bonchev–Trinajstić information content (AvgIpc) is 3.13. The maximum atomic E-state index is 13.4. The average molecular weight is 460 g/mol. The first-order chi connectivity index (χ1) is 15.1. The zero-order valence-corrected chi connectivity index (χ0v) is 19.3. The van der Waals surface area contributed by atoms with Gasteiger partial charge >= 0.3 is 6.01 Å². The molecule has 8 nitrogen and oxygen atoms in total. The summed E-state index contributed by atoms with van der Waals surface area (Å²) in [6.45, 7) is 5.46. The first-order valence-electron chi connectivity index (χ1n) is 10.6. The van der Waals surface area contributed by atoms with Gasteiger partial charge < -0.3 is 9.52 Å². The Kier molecular flexibility index (Phi) is 7.65. The number of aromatic nitrogens is 1. The van der Waals surface area contributed by atoms with Gasteiger partial charge in [0.2, 0.25) is 15.9 Å². The van der Waals surface area contributed by atoms with Gasteiger partial charge in [-0.2, -0.15) is 9.29 Å². The van der Waals surface area contributed by atoms with Crippen molar-refractivity contribution < 1.29 is 22.7 Å². The third-order valence-corrected chi connectivity index (χ3v) is 6.70. The van der Waals surface area contributed by atoms with Gasteiger partial charge in [-0.05, 0) is 36.5 Å². The van der Waals surface area contributed by atoms with Crippen molar-refractivity contribution in [2.75, 3.05) is 18.4 Å². The molecule has 3 aromatic rings. The number of nitrogens with zero attached hydrogens (tertiary/aromatic N) is 2. The zero-order valence-electron chi connectivity index (χ0n) is 18.5. The number of sulfonamides is 1. The summed E-state index contributed by atoms with van der Waals surface area (Å²) in [5, 5.41) is 13.0. The van der Waals surface area contributed by atoms with Crippen molar-refractivity contribution in [3.63, 3.8) is 0 Å². The summed E-state index contributed by atoms with van der Waals surface area (Å²) in [6, 6.07) is 14.2. The van der Waals surface area contributed by atoms with Crippen LogP contribution in [0.3, 0.4) is 0 Å². The SMILES string of the molecule is CC(=O)Nc1nc2ccc(S(=O)(=O)N(CC(C)C)CC(O)CCc3ccccc3)cc2o1. The van der Waals surface area contributed by atoms with Crippen LogP contribution in [0.5, 0.6) is 0 Å². The number of oxazole rings is 1. The van der Waals surface area contributed by atoms with E-state index in [0.29, 0.717) is 18.4 Å². The number of carbonyl (C=O) groups excluding carboxylic acids is 1. The minimum absolute atomic E-state index is 0.00106. The van der Waals surface area contributed by atoms with E-state index in [2.05, 4.69) is 10.3 Å². The molecule has 2 aromatic carbocycles. The number of fused-ring (bicyclic) bond motifs is 1. The van der Waals surface area contributed by atoms with Gasteiger partial charge in [0.1, 0.15) is 5.52 Å². The van der Waals surface area contributed by atoms with Gasteiger partial charge in [-0.15, -0.1) is 0 Å². The third-order valence-electron chi connectivity index (χ3n) is 4.87. The fraction of sp³-hybridized carbons (Fsp3) is 0.391. The molecule has 1 atom stereocenters. The van der Waals surface area contributed by atoms with E-state index in [1.807, 2.05) is 44.2 Å². The molecule has 1 aromatic heterocycles. The number of aliphatic hydroxyl groups excluding tert-OH is 1. The number of aliphatic hydroxyl groups is 1. The number of anilines is 1. The molecule has 0 saturated carbocycles. The van der Waals surface area contributed by atoms with Crippen LogP contribution in [0, 0.1) is 5.92 Å². The Hall–Kier alpha value is -2.75. The molecule has 2 N–H and O–H groups in total. The smallest absolute Gasteiger partial charge is 0.302 e. The van der Waals surface area contributed by atoms with E-state index in [1.165, 1.54) is 29.4 Å². The summed E-state index contributed by atoms with van der Waals surface area (Å²) in [4.78, 5) is 15.4. The van der Waals surface area contributed by atoms with E-state index < -0.39 is 16.1 Å². The molecule has 1 amide bonds. The second-order valence-electron chi connectivity index (χ2n) is 8.22. The molecular formula is C23H29N3O5S. The van der Waals surface area contributed by atoms with Crippen molar-refractivity contribution in [1.82, 2.24) is 9.29 Å². The standard InChI is InChI=1S/C23H29N3O5S/c1-16(2)14-26(15-19(28)10-9-18-7-5-4-6-8-18)32(29,30)20-11-12-21-22(13-20)31-23(25-21)24-17(3)27/h4-8,11-13,16,19,28H,9-10,14-15H2,1-3H3,(H,24,25,27). The molecule has 0 bridgehead atoms. The Bertz CT molecular complexity index is 1160. The maximum Gasteiger partial charge on any atom is 0.302 e. The number of carbonyl (C=O) groups is 1. The zero-order chi connectivity index (χ0) is 23.3. The van der Waals surface area contributed by atoms with Crippen molar-refractivity contribution >= 4 is 33.0 Å². The monoisotopic (exact) mass is 459 g/mol. The number of aryl methyl sites for hydroxylation is 1. The van der Waals surface area contributed by atoms with Crippen molar-refractivity contribution in [3.05, 3.63) is 54.1 Å². The van der Waals surface area contributed by atoms with Crippen LogP contribution in [-0.4, -0.2) is 47.9 Å². The molecule has 0 aliphatic carbocycles. The maximum absolute atomic E-state index is 13.4.